The van der Waals surface area contributed by atoms with Crippen LogP contribution < -0.4 is 10.9 Å². The molecule has 0 aliphatic heterocycles. The highest BCUT2D eigenvalue weighted by Crippen LogP contribution is 2.15. The summed E-state index contributed by atoms with van der Waals surface area (Å²) >= 11 is 3.33. The number of amides is 1. The zero-order valence-electron chi connectivity index (χ0n) is 14.0. The van der Waals surface area contributed by atoms with E-state index >= 15 is 0 Å². The Morgan fingerprint density at radius 1 is 1.15 bits per heavy atom. The van der Waals surface area contributed by atoms with Crippen molar-refractivity contribution in [3.8, 4) is 0 Å². The van der Waals surface area contributed by atoms with E-state index in [4.69, 9.17) is 0 Å². The van der Waals surface area contributed by atoms with Crippen molar-refractivity contribution in [2.24, 2.45) is 0 Å². The van der Waals surface area contributed by atoms with Crippen LogP contribution in [0, 0.1) is 0 Å². The first-order valence-electron chi connectivity index (χ1n) is 8.05. The van der Waals surface area contributed by atoms with E-state index in [2.05, 4.69) is 26.2 Å². The van der Waals surface area contributed by atoms with Crippen LogP contribution in [-0.2, 0) is 11.3 Å². The molecule has 26 heavy (non-hydrogen) atoms. The Labute approximate surface area is 158 Å². The molecule has 0 fully saturated rings. The van der Waals surface area contributed by atoms with E-state index in [9.17, 15) is 14.4 Å². The molecule has 0 aliphatic rings. The molecular formula is C19H16BrN3O3. The Bertz CT molecular complexity index is 1040. The van der Waals surface area contributed by atoms with Crippen molar-refractivity contribution in [2.45, 2.75) is 19.9 Å². The van der Waals surface area contributed by atoms with E-state index in [1.165, 1.54) is 10.9 Å². The molecule has 1 heterocycles. The Hall–Kier alpha value is -2.80. The average molecular weight is 414 g/mol. The molecule has 1 aromatic heterocycles. The Morgan fingerprint density at radius 3 is 2.58 bits per heavy atom. The average Bonchev–Trinajstić information content (AvgIpc) is 2.65. The minimum atomic E-state index is -0.267. The van der Waals surface area contributed by atoms with Crippen molar-refractivity contribution in [1.29, 1.82) is 0 Å². The second-order valence-corrected chi connectivity index (χ2v) is 6.66. The molecule has 0 atom stereocenters. The van der Waals surface area contributed by atoms with Gasteiger partial charge in [0.25, 0.3) is 5.56 Å². The maximum atomic E-state index is 12.6. The van der Waals surface area contributed by atoms with E-state index in [0.29, 0.717) is 28.6 Å². The van der Waals surface area contributed by atoms with Gasteiger partial charge in [0.2, 0.25) is 5.91 Å². The molecule has 0 saturated carbocycles. The third-order valence-electron chi connectivity index (χ3n) is 3.91. The highest BCUT2D eigenvalue weighted by atomic mass is 79.9. The van der Waals surface area contributed by atoms with E-state index in [1.54, 1.807) is 43.3 Å². The highest BCUT2D eigenvalue weighted by molar-refractivity contribution is 9.10. The zero-order valence-corrected chi connectivity index (χ0v) is 15.6. The van der Waals surface area contributed by atoms with Gasteiger partial charge in [0.05, 0.1) is 23.8 Å². The minimum Gasteiger partial charge on any atom is -0.326 e. The normalized spacial score (nSPS) is 10.7. The third-order valence-corrected chi connectivity index (χ3v) is 4.41. The topological polar surface area (TPSA) is 81.1 Å². The Kier molecular flexibility index (Phi) is 5.27. The lowest BCUT2D eigenvalue weighted by molar-refractivity contribution is -0.115. The summed E-state index contributed by atoms with van der Waals surface area (Å²) in [5, 5.41) is 3.17. The number of ketones is 1. The van der Waals surface area contributed by atoms with Gasteiger partial charge in [-0.15, -0.1) is 0 Å². The van der Waals surface area contributed by atoms with Crippen LogP contribution in [0.25, 0.3) is 10.9 Å². The second kappa shape index (κ2) is 7.61. The van der Waals surface area contributed by atoms with Crippen molar-refractivity contribution in [3.05, 3.63) is 69.2 Å². The number of carbonyl (C=O) groups excluding carboxylic acids is 2. The summed E-state index contributed by atoms with van der Waals surface area (Å²) in [6, 6.07) is 11.8. The number of hydrogen-bond donors (Lipinski definition) is 1. The van der Waals surface area contributed by atoms with Crippen molar-refractivity contribution < 1.29 is 9.59 Å². The molecule has 0 aliphatic carbocycles. The minimum absolute atomic E-state index is 0.0935. The number of halogens is 1. The fourth-order valence-electron chi connectivity index (χ4n) is 2.48. The van der Waals surface area contributed by atoms with Crippen molar-refractivity contribution in [3.63, 3.8) is 0 Å². The largest absolute Gasteiger partial charge is 0.326 e. The molecular weight excluding hydrogens is 398 g/mol. The number of benzene rings is 2. The molecule has 2 aromatic carbocycles. The molecule has 1 amide bonds. The summed E-state index contributed by atoms with van der Waals surface area (Å²) in [6.07, 6.45) is 1.76. The molecule has 0 radical (unpaired) electrons. The van der Waals surface area contributed by atoms with Gasteiger partial charge in [-0.1, -0.05) is 22.9 Å². The lowest BCUT2D eigenvalue weighted by atomic mass is 10.1. The van der Waals surface area contributed by atoms with Crippen LogP contribution >= 0.6 is 15.9 Å². The monoisotopic (exact) mass is 413 g/mol. The van der Waals surface area contributed by atoms with Crippen LogP contribution in [0.5, 0.6) is 0 Å². The van der Waals surface area contributed by atoms with E-state index in [-0.39, 0.29) is 23.8 Å². The smallest absolute Gasteiger partial charge is 0.261 e. The van der Waals surface area contributed by atoms with E-state index in [1.807, 2.05) is 6.07 Å². The number of aromatic nitrogens is 2. The van der Waals surface area contributed by atoms with Crippen LogP contribution in [0.15, 0.2) is 58.1 Å². The molecule has 0 unspecified atom stereocenters. The number of hydrogen-bond acceptors (Lipinski definition) is 4. The number of carbonyl (C=O) groups is 2. The number of fused-ring (bicyclic) bond motifs is 1. The first-order chi connectivity index (χ1) is 12.5. The summed E-state index contributed by atoms with van der Waals surface area (Å²) in [5.41, 5.74) is 1.40. The quantitative estimate of drug-likeness (QED) is 0.649. The molecule has 1 N–H and O–H groups in total. The Morgan fingerprint density at radius 2 is 1.88 bits per heavy atom. The van der Waals surface area contributed by atoms with Crippen molar-refractivity contribution in [2.75, 3.05) is 5.32 Å². The van der Waals surface area contributed by atoms with Crippen LogP contribution in [-0.4, -0.2) is 21.2 Å². The standard InChI is InChI=1S/C19H16BrN3O3/c1-2-18(25)22-14-6-3-12(4-7-14)17(24)10-23-11-21-16-8-5-13(20)9-15(16)19(23)26/h3-9,11H,2,10H2,1H3,(H,22,25). The molecule has 3 aromatic rings. The fourth-order valence-corrected chi connectivity index (χ4v) is 2.84. The van der Waals surface area contributed by atoms with Gasteiger partial charge < -0.3 is 5.32 Å². The number of anilines is 1. The summed E-state index contributed by atoms with van der Waals surface area (Å²) in [6.45, 7) is 1.66. The van der Waals surface area contributed by atoms with Crippen molar-refractivity contribution >= 4 is 44.2 Å². The zero-order chi connectivity index (χ0) is 18.7. The van der Waals surface area contributed by atoms with E-state index < -0.39 is 0 Å². The van der Waals surface area contributed by atoms with Gasteiger partial charge in [-0.3, -0.25) is 19.0 Å². The summed E-state index contributed by atoms with van der Waals surface area (Å²) in [4.78, 5) is 40.6. The Balaban J connectivity index is 1.81. The molecule has 0 saturated heterocycles. The van der Waals surface area contributed by atoms with Crippen LogP contribution in [0.2, 0.25) is 0 Å². The SMILES string of the molecule is CCC(=O)Nc1ccc(C(=O)Cn2cnc3ccc(Br)cc3c2=O)cc1. The molecule has 6 nitrogen and oxygen atoms in total. The highest BCUT2D eigenvalue weighted by Gasteiger charge is 2.11. The summed E-state index contributed by atoms with van der Waals surface area (Å²) in [7, 11) is 0. The molecule has 7 heteroatoms. The third kappa shape index (κ3) is 3.88. The van der Waals surface area contributed by atoms with Crippen LogP contribution in [0.4, 0.5) is 5.69 Å². The van der Waals surface area contributed by atoms with Gasteiger partial charge >= 0.3 is 0 Å². The predicted molar refractivity (Wildman–Crippen MR) is 103 cm³/mol. The first kappa shape index (κ1) is 18.0. The second-order valence-electron chi connectivity index (χ2n) is 5.74. The van der Waals surface area contributed by atoms with Crippen LogP contribution in [0.3, 0.4) is 0 Å². The molecule has 0 bridgehead atoms. The van der Waals surface area contributed by atoms with Gasteiger partial charge in [-0.2, -0.15) is 0 Å². The number of nitrogens with zero attached hydrogens (tertiary/aromatic N) is 2. The first-order valence-corrected chi connectivity index (χ1v) is 8.85. The van der Waals surface area contributed by atoms with Crippen LogP contribution in [0.1, 0.15) is 23.7 Å². The number of nitrogens with one attached hydrogen (secondary N) is 1. The lowest BCUT2D eigenvalue weighted by Gasteiger charge is -2.08. The summed E-state index contributed by atoms with van der Waals surface area (Å²) in [5.74, 6) is -0.305. The van der Waals surface area contributed by atoms with Gasteiger partial charge in [-0.25, -0.2) is 4.98 Å². The number of rotatable bonds is 5. The van der Waals surface area contributed by atoms with Crippen molar-refractivity contribution in [1.82, 2.24) is 9.55 Å². The van der Waals surface area contributed by atoms with E-state index in [0.717, 1.165) is 4.47 Å². The van der Waals surface area contributed by atoms with Gasteiger partial charge in [0, 0.05) is 22.1 Å². The van der Waals surface area contributed by atoms with Gasteiger partial charge in [0.1, 0.15) is 0 Å². The maximum Gasteiger partial charge on any atom is 0.261 e. The molecule has 3 rings (SSSR count). The summed E-state index contributed by atoms with van der Waals surface area (Å²) < 4.78 is 2.07. The van der Waals surface area contributed by atoms with Gasteiger partial charge in [0.15, 0.2) is 5.78 Å². The number of Topliss-reactive ketones (excluding diaryl/α,β-unsaturated/α-hetero) is 1. The molecule has 0 spiro atoms. The lowest BCUT2D eigenvalue weighted by Crippen LogP contribution is -2.24. The molecule has 132 valence electrons. The predicted octanol–water partition coefficient (Wildman–Crippen LogP) is 3.39. The van der Waals surface area contributed by atoms with Gasteiger partial charge in [-0.05, 0) is 42.5 Å². The maximum absolute atomic E-state index is 12.6. The fraction of sp³-hybridized carbons (Fsp3) is 0.158.